The molecule has 18 heavy (non-hydrogen) atoms. The van der Waals surface area contributed by atoms with Crippen LogP contribution < -0.4 is 0 Å². The van der Waals surface area contributed by atoms with Crippen LogP contribution in [0.1, 0.15) is 46.5 Å². The number of thioether (sulfide) groups is 2. The van der Waals surface area contributed by atoms with Gasteiger partial charge in [0.2, 0.25) is 0 Å². The summed E-state index contributed by atoms with van der Waals surface area (Å²) in [5.41, 5.74) is 0. The molecule has 0 radical (unpaired) electrons. The number of hydrogen-bond acceptors (Lipinski definition) is 3. The van der Waals surface area contributed by atoms with Gasteiger partial charge in [0.15, 0.2) is 0 Å². The zero-order chi connectivity index (χ0) is 13.1. The second-order valence-electron chi connectivity index (χ2n) is 6.13. The van der Waals surface area contributed by atoms with E-state index in [2.05, 4.69) is 20.8 Å². The molecule has 1 nitrogen and oxygen atoms in total. The molecule has 2 fully saturated rings. The molecule has 3 heteroatoms. The first-order valence-electron chi connectivity index (χ1n) is 7.38. The Hall–Kier alpha value is 0.370. The minimum atomic E-state index is 0.288. The van der Waals surface area contributed by atoms with Crippen LogP contribution in [-0.4, -0.2) is 27.8 Å². The lowest BCUT2D eigenvalue weighted by molar-refractivity contribution is -0.124. The second-order valence-corrected chi connectivity index (χ2v) is 8.72. The molecule has 4 unspecified atom stereocenters. The van der Waals surface area contributed by atoms with Crippen molar-refractivity contribution in [2.45, 2.75) is 57.0 Å². The van der Waals surface area contributed by atoms with Crippen LogP contribution in [-0.2, 0) is 4.79 Å². The first-order valence-corrected chi connectivity index (χ1v) is 9.48. The number of rotatable bonds is 3. The highest BCUT2D eigenvalue weighted by Gasteiger charge is 2.37. The van der Waals surface area contributed by atoms with Crippen molar-refractivity contribution in [3.05, 3.63) is 0 Å². The highest BCUT2D eigenvalue weighted by atomic mass is 32.2. The van der Waals surface area contributed by atoms with Crippen LogP contribution in [0.25, 0.3) is 0 Å². The average Bonchev–Trinajstić information content (AvgIpc) is 2.36. The van der Waals surface area contributed by atoms with Crippen molar-refractivity contribution in [3.8, 4) is 0 Å². The van der Waals surface area contributed by atoms with Crippen molar-refractivity contribution in [1.82, 2.24) is 0 Å². The molecule has 4 atom stereocenters. The summed E-state index contributed by atoms with van der Waals surface area (Å²) in [6, 6.07) is 0. The normalized spacial score (nSPS) is 41.6. The van der Waals surface area contributed by atoms with E-state index in [0.717, 1.165) is 36.9 Å². The van der Waals surface area contributed by atoms with Gasteiger partial charge in [-0.05, 0) is 37.5 Å². The number of ketones is 1. The predicted octanol–water partition coefficient (Wildman–Crippen LogP) is 4.26. The summed E-state index contributed by atoms with van der Waals surface area (Å²) in [5, 5.41) is 0.861. The smallest absolute Gasteiger partial charge is 0.150 e. The van der Waals surface area contributed by atoms with E-state index in [-0.39, 0.29) is 5.25 Å². The summed E-state index contributed by atoms with van der Waals surface area (Å²) in [4.78, 5) is 12.8. The summed E-state index contributed by atoms with van der Waals surface area (Å²) in [6.07, 6.45) is 4.74. The Labute approximate surface area is 120 Å². The van der Waals surface area contributed by atoms with Crippen molar-refractivity contribution >= 4 is 29.3 Å². The van der Waals surface area contributed by atoms with Crippen LogP contribution in [0.3, 0.4) is 0 Å². The van der Waals surface area contributed by atoms with E-state index < -0.39 is 0 Å². The van der Waals surface area contributed by atoms with E-state index in [1.807, 2.05) is 23.5 Å². The minimum Gasteiger partial charge on any atom is -0.298 e. The van der Waals surface area contributed by atoms with Crippen LogP contribution in [0.15, 0.2) is 0 Å². The van der Waals surface area contributed by atoms with Crippen molar-refractivity contribution in [2.75, 3.05) is 11.5 Å². The lowest BCUT2D eigenvalue weighted by Gasteiger charge is -2.36. The Bertz CT molecular complexity index is 282. The fourth-order valence-electron chi connectivity index (χ4n) is 3.58. The summed E-state index contributed by atoms with van der Waals surface area (Å²) < 4.78 is 0. The van der Waals surface area contributed by atoms with Gasteiger partial charge in [0.1, 0.15) is 5.78 Å². The van der Waals surface area contributed by atoms with E-state index in [4.69, 9.17) is 0 Å². The maximum atomic E-state index is 12.8. The lowest BCUT2D eigenvalue weighted by atomic mass is 9.74. The van der Waals surface area contributed by atoms with Gasteiger partial charge in [-0.15, -0.1) is 11.8 Å². The number of carbonyl (C=O) groups is 1. The molecule has 2 rings (SSSR count). The highest BCUT2D eigenvalue weighted by molar-refractivity contribution is 8.07. The number of Topliss-reactive ketones (excluding diaryl/α,β-unsaturated/α-hetero) is 1. The Morgan fingerprint density at radius 1 is 1.06 bits per heavy atom. The van der Waals surface area contributed by atoms with Crippen molar-refractivity contribution in [3.63, 3.8) is 0 Å². The summed E-state index contributed by atoms with van der Waals surface area (Å²) >= 11 is 3.95. The van der Waals surface area contributed by atoms with Gasteiger partial charge < -0.3 is 0 Å². The van der Waals surface area contributed by atoms with Gasteiger partial charge >= 0.3 is 0 Å². The molecule has 1 heterocycles. The molecule has 1 aliphatic heterocycles. The standard InChI is InChI=1S/C15H26OS2/c1-4-13-15(18-6-5-17-13)14(16)12-8-10(2)7-11(3)9-12/h10-13,15H,4-9H2,1-3H3. The molecule has 0 spiro atoms. The van der Waals surface area contributed by atoms with Gasteiger partial charge in [0.05, 0.1) is 5.25 Å². The van der Waals surface area contributed by atoms with E-state index in [1.54, 1.807) is 0 Å². The predicted molar refractivity (Wildman–Crippen MR) is 83.5 cm³/mol. The Morgan fingerprint density at radius 3 is 2.28 bits per heavy atom. The number of hydrogen-bond donors (Lipinski definition) is 0. The monoisotopic (exact) mass is 286 g/mol. The molecular formula is C15H26OS2. The minimum absolute atomic E-state index is 0.288. The zero-order valence-electron chi connectivity index (χ0n) is 11.9. The van der Waals surface area contributed by atoms with Crippen LogP contribution in [0.5, 0.6) is 0 Å². The first-order chi connectivity index (χ1) is 8.61. The average molecular weight is 287 g/mol. The molecule has 2 aliphatic rings. The van der Waals surface area contributed by atoms with E-state index >= 15 is 0 Å². The van der Waals surface area contributed by atoms with Crippen molar-refractivity contribution in [2.24, 2.45) is 17.8 Å². The molecule has 0 aromatic carbocycles. The first kappa shape index (κ1) is 14.8. The van der Waals surface area contributed by atoms with E-state index in [0.29, 0.717) is 17.0 Å². The Morgan fingerprint density at radius 2 is 1.67 bits per heavy atom. The third-order valence-corrected chi connectivity index (χ3v) is 7.58. The molecule has 0 amide bonds. The van der Waals surface area contributed by atoms with Crippen molar-refractivity contribution in [1.29, 1.82) is 0 Å². The van der Waals surface area contributed by atoms with Gasteiger partial charge in [-0.1, -0.05) is 20.8 Å². The van der Waals surface area contributed by atoms with Gasteiger partial charge in [0.25, 0.3) is 0 Å². The van der Waals surface area contributed by atoms with Gasteiger partial charge in [-0.3, -0.25) is 4.79 Å². The van der Waals surface area contributed by atoms with Crippen molar-refractivity contribution < 1.29 is 4.79 Å². The van der Waals surface area contributed by atoms with Crippen LogP contribution in [0, 0.1) is 17.8 Å². The second kappa shape index (κ2) is 6.69. The Balaban J connectivity index is 2.00. The summed E-state index contributed by atoms with van der Waals surface area (Å²) in [7, 11) is 0. The molecule has 0 aromatic rings. The molecule has 0 aromatic heterocycles. The number of carbonyl (C=O) groups excluding carboxylic acids is 1. The maximum absolute atomic E-state index is 12.8. The molecular weight excluding hydrogens is 260 g/mol. The van der Waals surface area contributed by atoms with Gasteiger partial charge in [0, 0.05) is 22.7 Å². The van der Waals surface area contributed by atoms with Crippen LogP contribution >= 0.6 is 23.5 Å². The lowest BCUT2D eigenvalue weighted by Crippen LogP contribution is -2.39. The molecule has 1 aliphatic carbocycles. The maximum Gasteiger partial charge on any atom is 0.150 e. The van der Waals surface area contributed by atoms with Gasteiger partial charge in [-0.25, -0.2) is 0 Å². The van der Waals surface area contributed by atoms with Gasteiger partial charge in [-0.2, -0.15) is 11.8 Å². The fourth-order valence-corrected chi connectivity index (χ4v) is 6.68. The molecule has 0 N–H and O–H groups in total. The quantitative estimate of drug-likeness (QED) is 0.772. The SMILES string of the molecule is CCC1SCCSC1C(=O)C1CC(C)CC(C)C1. The summed E-state index contributed by atoms with van der Waals surface area (Å²) in [5.74, 6) is 4.80. The highest BCUT2D eigenvalue weighted by Crippen LogP contribution is 2.40. The molecule has 1 saturated heterocycles. The largest absolute Gasteiger partial charge is 0.298 e. The topological polar surface area (TPSA) is 17.1 Å². The molecule has 104 valence electrons. The zero-order valence-corrected chi connectivity index (χ0v) is 13.5. The Kier molecular flexibility index (Phi) is 5.49. The van der Waals surface area contributed by atoms with Crippen LogP contribution in [0.2, 0.25) is 0 Å². The van der Waals surface area contributed by atoms with Crippen LogP contribution in [0.4, 0.5) is 0 Å². The third-order valence-electron chi connectivity index (χ3n) is 4.31. The summed E-state index contributed by atoms with van der Waals surface area (Å²) in [6.45, 7) is 6.86. The van der Waals surface area contributed by atoms with E-state index in [1.165, 1.54) is 12.2 Å². The molecule has 0 bridgehead atoms. The molecule has 1 saturated carbocycles. The van der Waals surface area contributed by atoms with E-state index in [9.17, 15) is 4.79 Å². The third kappa shape index (κ3) is 3.47. The fraction of sp³-hybridized carbons (Fsp3) is 0.933.